The topological polar surface area (TPSA) is 60.2 Å². The fraction of sp³-hybridized carbons (Fsp3) is 0.833. The highest BCUT2D eigenvalue weighted by Crippen LogP contribution is 2.07. The Morgan fingerprint density at radius 2 is 2.18 bits per heavy atom. The quantitative estimate of drug-likeness (QED) is 0.748. The van der Waals surface area contributed by atoms with Crippen molar-refractivity contribution in [3.05, 3.63) is 11.7 Å². The molecule has 5 nitrogen and oxygen atoms in total. The van der Waals surface area contributed by atoms with Crippen LogP contribution in [0.2, 0.25) is 0 Å². The summed E-state index contributed by atoms with van der Waals surface area (Å²) < 4.78 is 10.4. The summed E-state index contributed by atoms with van der Waals surface area (Å²) in [5.74, 6) is 1.43. The standard InChI is InChI=1S/C12H23N3O2/c1-5-6-10(13-3)8-12-14-11(15-17-12)7-9(2)16-4/h9-10,13H,5-8H2,1-4H3. The molecular weight excluding hydrogens is 218 g/mol. The number of aromatic nitrogens is 2. The molecule has 17 heavy (non-hydrogen) atoms. The van der Waals surface area contributed by atoms with Crippen molar-refractivity contribution in [3.63, 3.8) is 0 Å². The van der Waals surface area contributed by atoms with E-state index in [0.29, 0.717) is 18.4 Å². The molecule has 1 N–H and O–H groups in total. The molecule has 1 aromatic heterocycles. The number of likely N-dealkylation sites (N-methyl/N-ethyl adjacent to an activating group) is 1. The van der Waals surface area contributed by atoms with Crippen LogP contribution in [0.25, 0.3) is 0 Å². The summed E-state index contributed by atoms with van der Waals surface area (Å²) in [6.07, 6.45) is 3.86. The van der Waals surface area contributed by atoms with Crippen molar-refractivity contribution >= 4 is 0 Å². The van der Waals surface area contributed by atoms with Crippen LogP contribution in [0.1, 0.15) is 38.4 Å². The highest BCUT2D eigenvalue weighted by Gasteiger charge is 2.13. The summed E-state index contributed by atoms with van der Waals surface area (Å²) in [4.78, 5) is 4.37. The van der Waals surface area contributed by atoms with E-state index in [9.17, 15) is 0 Å². The minimum absolute atomic E-state index is 0.121. The van der Waals surface area contributed by atoms with Crippen LogP contribution < -0.4 is 5.32 Å². The number of hydrogen-bond donors (Lipinski definition) is 1. The summed E-state index contributed by atoms with van der Waals surface area (Å²) in [7, 11) is 3.65. The van der Waals surface area contributed by atoms with E-state index in [4.69, 9.17) is 9.26 Å². The lowest BCUT2D eigenvalue weighted by Crippen LogP contribution is -2.27. The Morgan fingerprint density at radius 3 is 2.76 bits per heavy atom. The van der Waals surface area contributed by atoms with Crippen LogP contribution in [0.4, 0.5) is 0 Å². The molecule has 0 saturated heterocycles. The van der Waals surface area contributed by atoms with Gasteiger partial charge in [-0.1, -0.05) is 18.5 Å². The fourth-order valence-corrected chi connectivity index (χ4v) is 1.70. The Labute approximate surface area is 103 Å². The smallest absolute Gasteiger partial charge is 0.228 e. The molecule has 1 aromatic rings. The summed E-state index contributed by atoms with van der Waals surface area (Å²) in [6.45, 7) is 4.16. The van der Waals surface area contributed by atoms with Crippen LogP contribution in [0, 0.1) is 0 Å². The monoisotopic (exact) mass is 241 g/mol. The molecule has 0 aliphatic rings. The van der Waals surface area contributed by atoms with Gasteiger partial charge in [-0.25, -0.2) is 0 Å². The van der Waals surface area contributed by atoms with Gasteiger partial charge in [-0.3, -0.25) is 0 Å². The summed E-state index contributed by atoms with van der Waals surface area (Å²) in [5, 5.41) is 7.22. The van der Waals surface area contributed by atoms with Gasteiger partial charge in [-0.05, 0) is 20.4 Å². The fourth-order valence-electron chi connectivity index (χ4n) is 1.70. The second kappa shape index (κ2) is 7.40. The zero-order chi connectivity index (χ0) is 12.7. The van der Waals surface area contributed by atoms with Crippen LogP contribution in [-0.2, 0) is 17.6 Å². The average molecular weight is 241 g/mol. The third-order valence-electron chi connectivity index (χ3n) is 2.85. The van der Waals surface area contributed by atoms with E-state index < -0.39 is 0 Å². The maximum atomic E-state index is 5.23. The lowest BCUT2D eigenvalue weighted by molar-refractivity contribution is 0.116. The van der Waals surface area contributed by atoms with E-state index in [1.54, 1.807) is 7.11 Å². The van der Waals surface area contributed by atoms with Gasteiger partial charge in [-0.2, -0.15) is 4.98 Å². The molecule has 0 aromatic carbocycles. The highest BCUT2D eigenvalue weighted by molar-refractivity contribution is 4.90. The number of nitrogens with one attached hydrogen (secondary N) is 1. The molecular formula is C12H23N3O2. The second-order valence-electron chi connectivity index (χ2n) is 4.33. The number of rotatable bonds is 8. The number of ether oxygens (including phenoxy) is 1. The summed E-state index contributed by atoms with van der Waals surface area (Å²) in [5.41, 5.74) is 0. The summed E-state index contributed by atoms with van der Waals surface area (Å²) >= 11 is 0. The van der Waals surface area contributed by atoms with E-state index in [0.717, 1.165) is 25.1 Å². The van der Waals surface area contributed by atoms with E-state index in [-0.39, 0.29) is 6.10 Å². The minimum Gasteiger partial charge on any atom is -0.381 e. The highest BCUT2D eigenvalue weighted by atomic mass is 16.5. The van der Waals surface area contributed by atoms with Gasteiger partial charge in [0.25, 0.3) is 0 Å². The first-order chi connectivity index (χ1) is 8.19. The van der Waals surface area contributed by atoms with Gasteiger partial charge in [0.05, 0.1) is 6.10 Å². The van der Waals surface area contributed by atoms with Crippen molar-refractivity contribution in [1.29, 1.82) is 0 Å². The Hall–Kier alpha value is -0.940. The van der Waals surface area contributed by atoms with Crippen molar-refractivity contribution < 1.29 is 9.26 Å². The first-order valence-electron chi connectivity index (χ1n) is 6.21. The molecule has 0 bridgehead atoms. The van der Waals surface area contributed by atoms with Gasteiger partial charge in [-0.15, -0.1) is 0 Å². The Kier molecular flexibility index (Phi) is 6.15. The maximum Gasteiger partial charge on any atom is 0.228 e. The third kappa shape index (κ3) is 4.83. The van der Waals surface area contributed by atoms with Gasteiger partial charge in [0, 0.05) is 26.0 Å². The zero-order valence-electron chi connectivity index (χ0n) is 11.2. The molecule has 2 unspecified atom stereocenters. The first-order valence-corrected chi connectivity index (χ1v) is 6.21. The van der Waals surface area contributed by atoms with Gasteiger partial charge in [0.15, 0.2) is 5.82 Å². The van der Waals surface area contributed by atoms with Crippen molar-refractivity contribution in [1.82, 2.24) is 15.5 Å². The Balaban J connectivity index is 2.49. The largest absolute Gasteiger partial charge is 0.381 e. The molecule has 0 fully saturated rings. The van der Waals surface area contributed by atoms with Gasteiger partial charge >= 0.3 is 0 Å². The van der Waals surface area contributed by atoms with Crippen LogP contribution >= 0.6 is 0 Å². The predicted octanol–water partition coefficient (Wildman–Crippen LogP) is 1.58. The summed E-state index contributed by atoms with van der Waals surface area (Å²) in [6, 6.07) is 0.410. The maximum absolute atomic E-state index is 5.23. The lowest BCUT2D eigenvalue weighted by atomic mass is 10.1. The number of nitrogens with zero attached hydrogens (tertiary/aromatic N) is 2. The first kappa shape index (κ1) is 14.1. The molecule has 0 spiro atoms. The minimum atomic E-state index is 0.121. The van der Waals surface area contributed by atoms with E-state index in [2.05, 4.69) is 22.4 Å². The van der Waals surface area contributed by atoms with Crippen LogP contribution in [0.3, 0.4) is 0 Å². The zero-order valence-corrected chi connectivity index (χ0v) is 11.2. The predicted molar refractivity (Wildman–Crippen MR) is 65.9 cm³/mol. The molecule has 0 amide bonds. The number of hydrogen-bond acceptors (Lipinski definition) is 5. The van der Waals surface area contributed by atoms with E-state index >= 15 is 0 Å². The molecule has 0 aliphatic heterocycles. The average Bonchev–Trinajstić information content (AvgIpc) is 2.75. The van der Waals surface area contributed by atoms with Crippen LogP contribution in [0.15, 0.2) is 4.52 Å². The molecule has 1 heterocycles. The lowest BCUT2D eigenvalue weighted by Gasteiger charge is -2.11. The molecule has 0 aliphatic carbocycles. The second-order valence-corrected chi connectivity index (χ2v) is 4.33. The Morgan fingerprint density at radius 1 is 1.41 bits per heavy atom. The van der Waals surface area contributed by atoms with Crippen molar-refractivity contribution in [2.45, 2.75) is 51.7 Å². The molecule has 98 valence electrons. The van der Waals surface area contributed by atoms with E-state index in [1.807, 2.05) is 14.0 Å². The third-order valence-corrected chi connectivity index (χ3v) is 2.85. The molecule has 2 atom stereocenters. The van der Waals surface area contributed by atoms with Gasteiger partial charge < -0.3 is 14.6 Å². The molecule has 5 heteroatoms. The van der Waals surface area contributed by atoms with Crippen molar-refractivity contribution in [2.75, 3.05) is 14.2 Å². The Bertz CT molecular complexity index is 314. The molecule has 0 saturated carbocycles. The van der Waals surface area contributed by atoms with Gasteiger partial charge in [0.2, 0.25) is 5.89 Å². The number of methoxy groups -OCH3 is 1. The van der Waals surface area contributed by atoms with Crippen molar-refractivity contribution in [3.8, 4) is 0 Å². The van der Waals surface area contributed by atoms with E-state index in [1.165, 1.54) is 0 Å². The molecule has 1 rings (SSSR count). The normalized spacial score (nSPS) is 14.8. The molecule has 0 radical (unpaired) electrons. The van der Waals surface area contributed by atoms with Crippen molar-refractivity contribution in [2.24, 2.45) is 0 Å². The van der Waals surface area contributed by atoms with Crippen LogP contribution in [0.5, 0.6) is 0 Å². The van der Waals surface area contributed by atoms with Gasteiger partial charge in [0.1, 0.15) is 0 Å². The van der Waals surface area contributed by atoms with Crippen LogP contribution in [-0.4, -0.2) is 36.4 Å². The SMILES string of the molecule is CCCC(Cc1nc(CC(C)OC)no1)NC.